The first kappa shape index (κ1) is 22.4. The number of rotatable bonds is 6. The third-order valence-electron chi connectivity index (χ3n) is 6.99. The number of amides is 1. The molecule has 4 heteroatoms. The molecule has 1 unspecified atom stereocenters. The monoisotopic (exact) mass is 454 g/mol. The summed E-state index contributed by atoms with van der Waals surface area (Å²) in [6.45, 7) is 4.49. The summed E-state index contributed by atoms with van der Waals surface area (Å²) in [7, 11) is 0. The van der Waals surface area contributed by atoms with Gasteiger partial charge in [0.15, 0.2) is 0 Å². The van der Waals surface area contributed by atoms with Crippen molar-refractivity contribution in [3.63, 3.8) is 0 Å². The summed E-state index contributed by atoms with van der Waals surface area (Å²) in [5, 5.41) is 1.17. The maximum absolute atomic E-state index is 13.4. The topological polar surface area (TPSA) is 25.2 Å². The van der Waals surface area contributed by atoms with Gasteiger partial charge in [0.05, 0.1) is 0 Å². The summed E-state index contributed by atoms with van der Waals surface area (Å²) in [5.74, 6) is -0.00666. The minimum atomic E-state index is -0.225. The predicted octanol–water partition coefficient (Wildman–Crippen LogP) is 6.67. The van der Waals surface area contributed by atoms with E-state index in [2.05, 4.69) is 60.2 Å². The first-order valence-corrected chi connectivity index (χ1v) is 12.2. The van der Waals surface area contributed by atoms with Gasteiger partial charge in [0.25, 0.3) is 0 Å². The lowest BCUT2D eigenvalue weighted by Crippen LogP contribution is -2.36. The number of hydrogen-bond acceptors (Lipinski definition) is 1. The molecule has 174 valence electrons. The van der Waals surface area contributed by atoms with E-state index in [1.807, 2.05) is 23.1 Å². The number of para-hydroxylation sites is 1. The van der Waals surface area contributed by atoms with Gasteiger partial charge in [-0.3, -0.25) is 4.79 Å². The highest BCUT2D eigenvalue weighted by Crippen LogP contribution is 2.36. The van der Waals surface area contributed by atoms with Crippen molar-refractivity contribution in [1.29, 1.82) is 0 Å². The van der Waals surface area contributed by atoms with Crippen LogP contribution in [0.1, 0.15) is 53.9 Å². The van der Waals surface area contributed by atoms with Gasteiger partial charge >= 0.3 is 0 Å². The zero-order valence-corrected chi connectivity index (χ0v) is 19.7. The molecule has 0 aliphatic carbocycles. The van der Waals surface area contributed by atoms with E-state index >= 15 is 0 Å². The van der Waals surface area contributed by atoms with Gasteiger partial charge in [0.1, 0.15) is 5.82 Å². The van der Waals surface area contributed by atoms with Gasteiger partial charge in [0.2, 0.25) is 5.91 Å². The lowest BCUT2D eigenvalue weighted by molar-refractivity contribution is -0.132. The molecule has 0 N–H and O–H groups in total. The Balaban J connectivity index is 1.56. The number of aromatic nitrogens is 1. The standard InChI is InChI=1S/C30H31FN2O/c1-22-8-7-9-24(18-22)27(19-30(34)32-16-5-2-6-17-32)28-21-33(29-11-4-3-10-26(28)29)20-23-12-14-25(31)15-13-23/h3-4,7-15,18,21,27H,2,5-6,16-17,19-20H2,1H3. The molecule has 1 aliphatic rings. The smallest absolute Gasteiger partial charge is 0.223 e. The van der Waals surface area contributed by atoms with E-state index in [0.717, 1.165) is 37.0 Å². The van der Waals surface area contributed by atoms with Crippen molar-refractivity contribution in [3.8, 4) is 0 Å². The van der Waals surface area contributed by atoms with Gasteiger partial charge in [-0.15, -0.1) is 0 Å². The van der Waals surface area contributed by atoms with Crippen LogP contribution in [0.2, 0.25) is 0 Å². The van der Waals surface area contributed by atoms with Gasteiger partial charge < -0.3 is 9.47 Å². The molecule has 1 saturated heterocycles. The van der Waals surface area contributed by atoms with Crippen molar-refractivity contribution in [2.45, 2.75) is 45.1 Å². The van der Waals surface area contributed by atoms with Crippen molar-refractivity contribution in [2.75, 3.05) is 13.1 Å². The van der Waals surface area contributed by atoms with E-state index in [-0.39, 0.29) is 17.6 Å². The van der Waals surface area contributed by atoms with Crippen LogP contribution in [0, 0.1) is 12.7 Å². The fraction of sp³-hybridized carbons (Fsp3) is 0.300. The van der Waals surface area contributed by atoms with Crippen LogP contribution >= 0.6 is 0 Å². The van der Waals surface area contributed by atoms with Crippen LogP contribution in [-0.2, 0) is 11.3 Å². The molecule has 34 heavy (non-hydrogen) atoms. The number of carbonyl (C=O) groups excluding carboxylic acids is 1. The van der Waals surface area contributed by atoms with E-state index < -0.39 is 0 Å². The zero-order valence-electron chi connectivity index (χ0n) is 19.7. The Labute approximate surface area is 200 Å². The molecule has 1 aliphatic heterocycles. The van der Waals surface area contributed by atoms with Crippen LogP contribution in [0.5, 0.6) is 0 Å². The lowest BCUT2D eigenvalue weighted by Gasteiger charge is -2.28. The average Bonchev–Trinajstić information content (AvgIpc) is 3.22. The predicted molar refractivity (Wildman–Crippen MR) is 136 cm³/mol. The Morgan fingerprint density at radius 1 is 0.941 bits per heavy atom. The van der Waals surface area contributed by atoms with Crippen LogP contribution in [-0.4, -0.2) is 28.5 Å². The third-order valence-corrected chi connectivity index (χ3v) is 6.99. The van der Waals surface area contributed by atoms with Crippen LogP contribution in [0.25, 0.3) is 10.9 Å². The number of fused-ring (bicyclic) bond motifs is 1. The molecular formula is C30H31FN2O. The summed E-state index contributed by atoms with van der Waals surface area (Å²) < 4.78 is 15.7. The quantitative estimate of drug-likeness (QED) is 0.319. The van der Waals surface area contributed by atoms with Crippen molar-refractivity contribution in [2.24, 2.45) is 0 Å². The van der Waals surface area contributed by atoms with Gasteiger partial charge in [0, 0.05) is 49.1 Å². The van der Waals surface area contributed by atoms with Gasteiger partial charge in [-0.2, -0.15) is 0 Å². The van der Waals surface area contributed by atoms with Crippen molar-refractivity contribution in [3.05, 3.63) is 107 Å². The molecule has 1 aromatic heterocycles. The maximum atomic E-state index is 13.4. The second-order valence-corrected chi connectivity index (χ2v) is 9.47. The second kappa shape index (κ2) is 9.84. The number of aryl methyl sites for hydroxylation is 1. The zero-order chi connectivity index (χ0) is 23.5. The molecule has 4 aromatic rings. The molecular weight excluding hydrogens is 423 g/mol. The van der Waals surface area contributed by atoms with Crippen LogP contribution < -0.4 is 0 Å². The second-order valence-electron chi connectivity index (χ2n) is 9.47. The minimum absolute atomic E-state index is 0.0197. The molecule has 0 radical (unpaired) electrons. The number of nitrogens with zero attached hydrogens (tertiary/aromatic N) is 2. The number of benzene rings is 3. The van der Waals surface area contributed by atoms with Crippen LogP contribution in [0.15, 0.2) is 79.0 Å². The Bertz CT molecular complexity index is 1280. The normalized spacial score (nSPS) is 14.9. The molecule has 2 heterocycles. The molecule has 5 rings (SSSR count). The summed E-state index contributed by atoms with van der Waals surface area (Å²) in [5.41, 5.74) is 5.72. The van der Waals surface area contributed by atoms with Gasteiger partial charge in [-0.25, -0.2) is 4.39 Å². The first-order chi connectivity index (χ1) is 16.6. The summed E-state index contributed by atoms with van der Waals surface area (Å²) in [6, 6.07) is 23.6. The molecule has 1 amide bonds. The molecule has 1 fully saturated rings. The molecule has 0 bridgehead atoms. The van der Waals surface area contributed by atoms with Crippen LogP contribution in [0.3, 0.4) is 0 Å². The van der Waals surface area contributed by atoms with Crippen molar-refractivity contribution >= 4 is 16.8 Å². The van der Waals surface area contributed by atoms with Crippen molar-refractivity contribution < 1.29 is 9.18 Å². The van der Waals surface area contributed by atoms with E-state index in [4.69, 9.17) is 0 Å². The fourth-order valence-electron chi connectivity index (χ4n) is 5.21. The first-order valence-electron chi connectivity index (χ1n) is 12.2. The molecule has 3 nitrogen and oxygen atoms in total. The van der Waals surface area contributed by atoms with Crippen LogP contribution in [0.4, 0.5) is 4.39 Å². The summed E-state index contributed by atoms with van der Waals surface area (Å²) in [6.07, 6.45) is 6.07. The van der Waals surface area contributed by atoms with E-state index in [0.29, 0.717) is 13.0 Å². The number of carbonyl (C=O) groups is 1. The highest BCUT2D eigenvalue weighted by Gasteiger charge is 2.26. The third kappa shape index (κ3) is 4.77. The van der Waals surface area contributed by atoms with Gasteiger partial charge in [-0.1, -0.05) is 60.2 Å². The Hall–Kier alpha value is -3.40. The Morgan fingerprint density at radius 2 is 1.71 bits per heavy atom. The average molecular weight is 455 g/mol. The van der Waals surface area contributed by atoms with E-state index in [9.17, 15) is 9.18 Å². The molecule has 0 saturated carbocycles. The SMILES string of the molecule is Cc1cccc(C(CC(=O)N2CCCCC2)c2cn(Cc3ccc(F)cc3)c3ccccc23)c1. The van der Waals surface area contributed by atoms with E-state index in [1.54, 1.807) is 0 Å². The summed E-state index contributed by atoms with van der Waals surface area (Å²) >= 11 is 0. The fourth-order valence-corrected chi connectivity index (χ4v) is 5.21. The van der Waals surface area contributed by atoms with E-state index in [1.165, 1.54) is 40.6 Å². The maximum Gasteiger partial charge on any atom is 0.223 e. The number of hydrogen-bond donors (Lipinski definition) is 0. The highest BCUT2D eigenvalue weighted by molar-refractivity contribution is 5.87. The van der Waals surface area contributed by atoms with Gasteiger partial charge in [-0.05, 0) is 61.1 Å². The van der Waals surface area contributed by atoms with Crippen molar-refractivity contribution in [1.82, 2.24) is 9.47 Å². The number of likely N-dealkylation sites (tertiary alicyclic amines) is 1. The number of halogens is 1. The Kier molecular flexibility index (Phi) is 6.48. The highest BCUT2D eigenvalue weighted by atomic mass is 19.1. The molecule has 3 aromatic carbocycles. The molecule has 1 atom stereocenters. The molecule has 0 spiro atoms. The lowest BCUT2D eigenvalue weighted by atomic mass is 9.87. The largest absolute Gasteiger partial charge is 0.343 e. The summed E-state index contributed by atoms with van der Waals surface area (Å²) in [4.78, 5) is 15.4. The minimum Gasteiger partial charge on any atom is -0.343 e. The number of piperidine rings is 1. The Morgan fingerprint density at radius 3 is 2.47 bits per heavy atom.